The molecule has 0 spiro atoms. The van der Waals surface area contributed by atoms with Crippen LogP contribution in [-0.2, 0) is 3.83 Å². The maximum absolute atomic E-state index is 9.69. The normalized spacial score (nSPS) is 15.8. The average Bonchev–Trinajstić information content (AvgIpc) is 1.16. The second kappa shape index (κ2) is 1.85. The fourth-order valence-corrected chi connectivity index (χ4v) is 1.19. The SMILES string of the molecule is C[As](C)(C)(O)O[N+](=O)[O-]. The summed E-state index contributed by atoms with van der Waals surface area (Å²) >= 11 is -3.85. The van der Waals surface area contributed by atoms with E-state index in [-0.39, 0.29) is 0 Å². The Bertz CT molecular complexity index is 127. The maximum atomic E-state index is 9.69. The van der Waals surface area contributed by atoms with Gasteiger partial charge in [-0.15, -0.1) is 0 Å². The van der Waals surface area contributed by atoms with Crippen molar-refractivity contribution in [1.82, 2.24) is 0 Å². The molecular weight excluding hydrogens is 189 g/mol. The summed E-state index contributed by atoms with van der Waals surface area (Å²) in [4.78, 5) is 9.69. The van der Waals surface area contributed by atoms with Crippen LogP contribution in [0.25, 0.3) is 0 Å². The van der Waals surface area contributed by atoms with Gasteiger partial charge in [0.2, 0.25) is 0 Å². The molecule has 0 aromatic carbocycles. The molecule has 0 aliphatic rings. The first kappa shape index (κ1) is 8.72. The van der Waals surface area contributed by atoms with Gasteiger partial charge < -0.3 is 0 Å². The summed E-state index contributed by atoms with van der Waals surface area (Å²) in [6.45, 7) is 0. The predicted octanol–water partition coefficient (Wildman–Crippen LogP) is 0.473. The summed E-state index contributed by atoms with van der Waals surface area (Å²) in [7, 11) is 0. The van der Waals surface area contributed by atoms with Gasteiger partial charge in [-0.1, -0.05) is 0 Å². The first-order valence-electron chi connectivity index (χ1n) is 2.27. The molecule has 0 unspecified atom stereocenters. The van der Waals surface area contributed by atoms with Gasteiger partial charge in [0.05, 0.1) is 0 Å². The van der Waals surface area contributed by atoms with Crippen LogP contribution in [0.2, 0.25) is 17.1 Å². The van der Waals surface area contributed by atoms with Crippen molar-refractivity contribution in [3.63, 3.8) is 0 Å². The number of hydrogen-bond donors (Lipinski definition) is 1. The fourth-order valence-electron chi connectivity index (χ4n) is 0.230. The number of rotatable bonds is 2. The van der Waals surface area contributed by atoms with Crippen molar-refractivity contribution in [3.05, 3.63) is 10.1 Å². The van der Waals surface area contributed by atoms with E-state index in [1.165, 1.54) is 17.1 Å². The molecule has 0 fully saturated rings. The number of nitrogens with zero attached hydrogens (tertiary/aromatic N) is 1. The van der Waals surface area contributed by atoms with E-state index in [1.54, 1.807) is 0 Å². The van der Waals surface area contributed by atoms with E-state index < -0.39 is 18.2 Å². The predicted molar refractivity (Wildman–Crippen MR) is 33.6 cm³/mol. The van der Waals surface area contributed by atoms with E-state index in [2.05, 4.69) is 3.83 Å². The van der Waals surface area contributed by atoms with Gasteiger partial charge in [0.15, 0.2) is 0 Å². The van der Waals surface area contributed by atoms with Gasteiger partial charge in [0.1, 0.15) is 0 Å². The molecule has 0 radical (unpaired) electrons. The summed E-state index contributed by atoms with van der Waals surface area (Å²) in [6.07, 6.45) is 0. The Morgan fingerprint density at radius 2 is 1.89 bits per heavy atom. The third-order valence-electron chi connectivity index (χ3n) is 0.348. The van der Waals surface area contributed by atoms with Crippen LogP contribution in [0, 0.1) is 10.1 Å². The molecule has 0 atom stereocenters. The quantitative estimate of drug-likeness (QED) is 0.398. The van der Waals surface area contributed by atoms with Gasteiger partial charge in [0, 0.05) is 0 Å². The molecule has 0 aromatic rings. The Kier molecular flexibility index (Phi) is 1.79. The van der Waals surface area contributed by atoms with Crippen LogP contribution in [0.3, 0.4) is 0 Å². The summed E-state index contributed by atoms with van der Waals surface area (Å²) in [6, 6.07) is 0. The number of hydrogen-bond acceptors (Lipinski definition) is 4. The Balaban J connectivity index is 4.05. The zero-order valence-electron chi connectivity index (χ0n) is 5.57. The first-order valence-corrected chi connectivity index (χ1v) is 9.51. The molecule has 6 heteroatoms. The molecular formula is C3H10AsNO4. The molecule has 0 bridgehead atoms. The topological polar surface area (TPSA) is 72.6 Å². The molecule has 0 amide bonds. The summed E-state index contributed by atoms with van der Waals surface area (Å²) in [5.41, 5.74) is 4.13. The van der Waals surface area contributed by atoms with Crippen LogP contribution in [-0.4, -0.2) is 22.3 Å². The Hall–Kier alpha value is -0.282. The van der Waals surface area contributed by atoms with E-state index >= 15 is 0 Å². The van der Waals surface area contributed by atoms with Crippen LogP contribution >= 0.6 is 0 Å². The minimum absolute atomic E-state index is 0.953. The van der Waals surface area contributed by atoms with Crippen LogP contribution in [0.4, 0.5) is 0 Å². The van der Waals surface area contributed by atoms with Gasteiger partial charge in [-0.25, -0.2) is 0 Å². The Morgan fingerprint density at radius 3 is 1.89 bits per heavy atom. The Morgan fingerprint density at radius 1 is 1.56 bits per heavy atom. The standard InChI is InChI=1S/C3H10AsNO4/c1-4(2,3,6)9-5(7)8/h6H,1-3H3. The second-order valence-corrected chi connectivity index (χ2v) is 14.0. The van der Waals surface area contributed by atoms with Gasteiger partial charge in [-0.3, -0.25) is 0 Å². The fraction of sp³-hybridized carbons (Fsp3) is 1.00. The second-order valence-electron chi connectivity index (χ2n) is 2.88. The molecule has 0 aliphatic heterocycles. The van der Waals surface area contributed by atoms with E-state index in [0.29, 0.717) is 0 Å². The van der Waals surface area contributed by atoms with E-state index in [0.717, 1.165) is 0 Å². The summed E-state index contributed by atoms with van der Waals surface area (Å²) in [5, 5.41) is 8.74. The van der Waals surface area contributed by atoms with E-state index in [4.69, 9.17) is 4.10 Å². The van der Waals surface area contributed by atoms with Crippen LogP contribution in [0.5, 0.6) is 0 Å². The molecule has 0 saturated heterocycles. The first-order chi connectivity index (χ1) is 3.67. The van der Waals surface area contributed by atoms with E-state index in [9.17, 15) is 10.1 Å². The zero-order valence-corrected chi connectivity index (χ0v) is 7.44. The van der Waals surface area contributed by atoms with Crippen LogP contribution in [0.15, 0.2) is 0 Å². The minimum atomic E-state index is -3.85. The molecule has 0 aromatic heterocycles. The molecule has 56 valence electrons. The molecule has 0 saturated carbocycles. The molecule has 0 rings (SSSR count). The van der Waals surface area contributed by atoms with Crippen molar-refractivity contribution >= 4 is 13.1 Å². The molecule has 5 nitrogen and oxygen atoms in total. The van der Waals surface area contributed by atoms with Gasteiger partial charge >= 0.3 is 53.4 Å². The van der Waals surface area contributed by atoms with Crippen molar-refractivity contribution < 1.29 is 13.0 Å². The van der Waals surface area contributed by atoms with Gasteiger partial charge in [-0.2, -0.15) is 0 Å². The van der Waals surface area contributed by atoms with Crippen molar-refractivity contribution in [2.24, 2.45) is 0 Å². The molecule has 0 aliphatic carbocycles. The summed E-state index contributed by atoms with van der Waals surface area (Å²) < 4.78 is 13.3. The third kappa shape index (κ3) is 7.72. The van der Waals surface area contributed by atoms with Crippen LogP contribution in [0.1, 0.15) is 0 Å². The van der Waals surface area contributed by atoms with Crippen molar-refractivity contribution in [2.45, 2.75) is 17.1 Å². The zero-order chi connectivity index (χ0) is 7.73. The van der Waals surface area contributed by atoms with Gasteiger partial charge in [-0.05, 0) is 0 Å². The van der Waals surface area contributed by atoms with Crippen molar-refractivity contribution in [3.8, 4) is 0 Å². The Labute approximate surface area is 54.1 Å². The van der Waals surface area contributed by atoms with Gasteiger partial charge in [0.25, 0.3) is 0 Å². The molecule has 9 heavy (non-hydrogen) atoms. The average molecular weight is 199 g/mol. The third-order valence-corrected chi connectivity index (χ3v) is 1.81. The molecule has 1 N–H and O–H groups in total. The monoisotopic (exact) mass is 199 g/mol. The summed E-state index contributed by atoms with van der Waals surface area (Å²) in [5.74, 6) is 0. The van der Waals surface area contributed by atoms with Crippen molar-refractivity contribution in [2.75, 3.05) is 0 Å². The van der Waals surface area contributed by atoms with Crippen LogP contribution < -0.4 is 0 Å². The molecule has 0 heterocycles. The van der Waals surface area contributed by atoms with E-state index in [1.807, 2.05) is 0 Å². The van der Waals surface area contributed by atoms with Crippen molar-refractivity contribution in [1.29, 1.82) is 0 Å².